The van der Waals surface area contributed by atoms with Crippen LogP contribution >= 0.6 is 11.6 Å². The van der Waals surface area contributed by atoms with Gasteiger partial charge < -0.3 is 5.32 Å². The predicted octanol–water partition coefficient (Wildman–Crippen LogP) is 2.93. The minimum atomic E-state index is -3.66. The van der Waals surface area contributed by atoms with Gasteiger partial charge in [-0.3, -0.25) is 4.79 Å². The summed E-state index contributed by atoms with van der Waals surface area (Å²) in [6.07, 6.45) is 2.12. The number of hydrogen-bond acceptors (Lipinski definition) is 3. The van der Waals surface area contributed by atoms with Gasteiger partial charge >= 0.3 is 0 Å². The van der Waals surface area contributed by atoms with Crippen molar-refractivity contribution in [2.45, 2.75) is 6.42 Å². The van der Waals surface area contributed by atoms with Gasteiger partial charge in [0.05, 0.1) is 6.54 Å². The Balaban J connectivity index is 1.82. The second kappa shape index (κ2) is 9.52. The summed E-state index contributed by atoms with van der Waals surface area (Å²) in [4.78, 5) is 12.0. The van der Waals surface area contributed by atoms with Crippen molar-refractivity contribution in [3.63, 3.8) is 0 Å². The Kier molecular flexibility index (Phi) is 7.38. The number of likely N-dealkylation sites (N-methyl/N-ethyl adjacent to an activating group) is 1. The monoisotopic (exact) mass is 392 g/mol. The van der Waals surface area contributed by atoms with E-state index in [9.17, 15) is 13.2 Å². The molecule has 2 rings (SSSR count). The summed E-state index contributed by atoms with van der Waals surface area (Å²) in [5.74, 6) is -0.355. The van der Waals surface area contributed by atoms with Crippen molar-refractivity contribution in [3.05, 3.63) is 76.2 Å². The van der Waals surface area contributed by atoms with Crippen LogP contribution in [-0.2, 0) is 21.2 Å². The molecule has 0 aliphatic heterocycles. The highest BCUT2D eigenvalue weighted by Crippen LogP contribution is 2.10. The van der Waals surface area contributed by atoms with Gasteiger partial charge in [-0.05, 0) is 35.8 Å². The normalized spacial score (nSPS) is 11.8. The fraction of sp³-hybridized carbons (Fsp3) is 0.211. The van der Waals surface area contributed by atoms with E-state index in [-0.39, 0.29) is 12.5 Å². The Labute approximate surface area is 159 Å². The van der Waals surface area contributed by atoms with Crippen LogP contribution < -0.4 is 5.32 Å². The SMILES string of the molecule is CN(CC(=O)NCCc1cccc(Cl)c1)S(=O)(=O)/C=C/c1ccccc1. The van der Waals surface area contributed by atoms with E-state index in [0.29, 0.717) is 18.0 Å². The summed E-state index contributed by atoms with van der Waals surface area (Å²) in [6, 6.07) is 16.5. The molecule has 0 spiro atoms. The van der Waals surface area contributed by atoms with E-state index in [2.05, 4.69) is 5.32 Å². The van der Waals surface area contributed by atoms with E-state index in [0.717, 1.165) is 20.8 Å². The van der Waals surface area contributed by atoms with E-state index in [1.54, 1.807) is 18.2 Å². The smallest absolute Gasteiger partial charge is 0.236 e. The highest BCUT2D eigenvalue weighted by molar-refractivity contribution is 7.92. The Morgan fingerprint density at radius 2 is 1.88 bits per heavy atom. The lowest BCUT2D eigenvalue weighted by molar-refractivity contribution is -0.121. The van der Waals surface area contributed by atoms with Gasteiger partial charge in [0.15, 0.2) is 0 Å². The Morgan fingerprint density at radius 1 is 1.15 bits per heavy atom. The van der Waals surface area contributed by atoms with Gasteiger partial charge in [-0.1, -0.05) is 54.1 Å². The molecule has 0 heterocycles. The maximum atomic E-state index is 12.2. The lowest BCUT2D eigenvalue weighted by Gasteiger charge is -2.14. The Morgan fingerprint density at radius 3 is 2.58 bits per heavy atom. The average molecular weight is 393 g/mol. The molecule has 0 radical (unpaired) electrons. The first-order valence-electron chi connectivity index (χ1n) is 8.07. The number of nitrogens with zero attached hydrogens (tertiary/aromatic N) is 1. The first kappa shape index (κ1) is 20.2. The summed E-state index contributed by atoms with van der Waals surface area (Å²) in [6.45, 7) is 0.171. The van der Waals surface area contributed by atoms with Crippen molar-refractivity contribution in [3.8, 4) is 0 Å². The van der Waals surface area contributed by atoms with Gasteiger partial charge in [-0.15, -0.1) is 0 Å². The van der Waals surface area contributed by atoms with Gasteiger partial charge in [-0.25, -0.2) is 8.42 Å². The molecule has 0 fully saturated rings. The maximum Gasteiger partial charge on any atom is 0.236 e. The third-order valence-electron chi connectivity index (χ3n) is 3.66. The third-order valence-corrected chi connectivity index (χ3v) is 5.37. The highest BCUT2D eigenvalue weighted by atomic mass is 35.5. The zero-order chi connectivity index (χ0) is 19.0. The molecule has 2 aromatic rings. The van der Waals surface area contributed by atoms with Crippen LogP contribution in [0.1, 0.15) is 11.1 Å². The average Bonchev–Trinajstić information content (AvgIpc) is 2.61. The van der Waals surface area contributed by atoms with E-state index < -0.39 is 10.0 Å². The molecule has 26 heavy (non-hydrogen) atoms. The molecule has 1 N–H and O–H groups in total. The van der Waals surface area contributed by atoms with Crippen LogP contribution in [0.15, 0.2) is 60.0 Å². The van der Waals surface area contributed by atoms with Gasteiger partial charge in [0.25, 0.3) is 0 Å². The molecule has 7 heteroatoms. The van der Waals surface area contributed by atoms with Crippen LogP contribution in [-0.4, -0.2) is 38.8 Å². The fourth-order valence-corrected chi connectivity index (χ4v) is 3.27. The largest absolute Gasteiger partial charge is 0.355 e. The second-order valence-corrected chi connectivity index (χ2v) is 8.11. The molecule has 0 unspecified atom stereocenters. The van der Waals surface area contributed by atoms with Crippen LogP contribution in [0.5, 0.6) is 0 Å². The van der Waals surface area contributed by atoms with Crippen LogP contribution in [0, 0.1) is 0 Å². The number of carbonyl (C=O) groups excluding carboxylic acids is 1. The standard InChI is InChI=1S/C19H21ClN2O3S/c1-22(26(24,25)13-11-16-6-3-2-4-7-16)15-19(23)21-12-10-17-8-5-9-18(20)14-17/h2-9,11,13-14H,10,12,15H2,1H3,(H,21,23)/b13-11+. The third kappa shape index (κ3) is 6.63. The second-order valence-electron chi connectivity index (χ2n) is 5.74. The van der Waals surface area contributed by atoms with E-state index in [1.807, 2.05) is 36.4 Å². The molecule has 2 aromatic carbocycles. The van der Waals surface area contributed by atoms with Gasteiger partial charge in [0.2, 0.25) is 15.9 Å². The molecule has 0 saturated carbocycles. The summed E-state index contributed by atoms with van der Waals surface area (Å²) in [7, 11) is -2.29. The molecule has 0 saturated heterocycles. The lowest BCUT2D eigenvalue weighted by Crippen LogP contribution is -2.38. The molecule has 0 atom stereocenters. The number of benzene rings is 2. The first-order chi connectivity index (χ1) is 12.4. The van der Waals surface area contributed by atoms with Gasteiger partial charge in [0, 0.05) is 24.0 Å². The number of halogens is 1. The van der Waals surface area contributed by atoms with Crippen LogP contribution in [0.25, 0.3) is 6.08 Å². The Hall–Kier alpha value is -2.15. The van der Waals surface area contributed by atoms with E-state index in [4.69, 9.17) is 11.6 Å². The molecular weight excluding hydrogens is 372 g/mol. The number of amides is 1. The summed E-state index contributed by atoms with van der Waals surface area (Å²) < 4.78 is 25.4. The van der Waals surface area contributed by atoms with Gasteiger partial charge in [0.1, 0.15) is 0 Å². The number of hydrogen-bond donors (Lipinski definition) is 1. The highest BCUT2D eigenvalue weighted by Gasteiger charge is 2.17. The van der Waals surface area contributed by atoms with Crippen LogP contribution in [0.2, 0.25) is 5.02 Å². The summed E-state index contributed by atoms with van der Waals surface area (Å²) in [5, 5.41) is 4.46. The number of sulfonamides is 1. The summed E-state index contributed by atoms with van der Waals surface area (Å²) in [5.41, 5.74) is 1.78. The van der Waals surface area contributed by atoms with Gasteiger partial charge in [-0.2, -0.15) is 4.31 Å². The fourth-order valence-electron chi connectivity index (χ4n) is 2.22. The van der Waals surface area contributed by atoms with E-state index in [1.165, 1.54) is 13.1 Å². The quantitative estimate of drug-likeness (QED) is 0.751. The van der Waals surface area contributed by atoms with E-state index >= 15 is 0 Å². The first-order valence-corrected chi connectivity index (χ1v) is 9.95. The van der Waals surface area contributed by atoms with Crippen molar-refractivity contribution < 1.29 is 13.2 Å². The summed E-state index contributed by atoms with van der Waals surface area (Å²) >= 11 is 5.91. The topological polar surface area (TPSA) is 66.5 Å². The van der Waals surface area contributed by atoms with Crippen LogP contribution in [0.3, 0.4) is 0 Å². The minimum absolute atomic E-state index is 0.239. The van der Waals surface area contributed by atoms with Crippen molar-refractivity contribution in [1.29, 1.82) is 0 Å². The maximum absolute atomic E-state index is 12.2. The Bertz CT molecular complexity index is 867. The molecule has 5 nitrogen and oxygen atoms in total. The lowest BCUT2D eigenvalue weighted by atomic mass is 10.1. The van der Waals surface area contributed by atoms with Crippen molar-refractivity contribution >= 4 is 33.6 Å². The molecular formula is C19H21ClN2O3S. The molecule has 0 aromatic heterocycles. The molecule has 0 bridgehead atoms. The van der Waals surface area contributed by atoms with Crippen molar-refractivity contribution in [2.75, 3.05) is 20.1 Å². The molecule has 0 aliphatic carbocycles. The number of carbonyl (C=O) groups is 1. The molecule has 1 amide bonds. The minimum Gasteiger partial charge on any atom is -0.355 e. The number of rotatable bonds is 8. The van der Waals surface area contributed by atoms with Crippen LogP contribution in [0.4, 0.5) is 0 Å². The zero-order valence-corrected chi connectivity index (χ0v) is 16.0. The zero-order valence-electron chi connectivity index (χ0n) is 14.4. The van der Waals surface area contributed by atoms with Crippen molar-refractivity contribution in [1.82, 2.24) is 9.62 Å². The number of nitrogens with one attached hydrogen (secondary N) is 1. The molecule has 0 aliphatic rings. The molecule has 138 valence electrons. The van der Waals surface area contributed by atoms with Crippen molar-refractivity contribution in [2.24, 2.45) is 0 Å². The predicted molar refractivity (Wildman–Crippen MR) is 105 cm³/mol.